The number of carbonyl (C=O) groups is 1. The van der Waals surface area contributed by atoms with Crippen LogP contribution >= 0.6 is 0 Å². The summed E-state index contributed by atoms with van der Waals surface area (Å²) in [5, 5.41) is 20.6. The summed E-state index contributed by atoms with van der Waals surface area (Å²) in [6.07, 6.45) is -3.26. The summed E-state index contributed by atoms with van der Waals surface area (Å²) in [5.41, 5.74) is 0. The molecule has 3 rings (SSSR count). The second-order valence-corrected chi connectivity index (χ2v) is 8.55. The van der Waals surface area contributed by atoms with Gasteiger partial charge in [0.2, 0.25) is 0 Å². The molecule has 0 aromatic carbocycles. The van der Waals surface area contributed by atoms with E-state index < -0.39 is 43.3 Å². The van der Waals surface area contributed by atoms with Crippen LogP contribution in [0.25, 0.3) is 0 Å². The number of hydrogen-bond donors (Lipinski definition) is 2. The minimum atomic E-state index is -0.823. The Labute approximate surface area is 172 Å². The Bertz CT molecular complexity index is 549. The number of rotatable bonds is 5. The van der Waals surface area contributed by atoms with Gasteiger partial charge in [-0.25, -0.2) is 0 Å². The van der Waals surface area contributed by atoms with Gasteiger partial charge >= 0.3 is 0 Å². The van der Waals surface area contributed by atoms with Gasteiger partial charge in [-0.2, -0.15) is 0 Å². The molecule has 0 radical (unpaired) electrons. The van der Waals surface area contributed by atoms with Crippen molar-refractivity contribution in [1.29, 1.82) is 0 Å². The van der Waals surface area contributed by atoms with Crippen molar-refractivity contribution >= 4 is 5.78 Å². The van der Waals surface area contributed by atoms with E-state index in [0.29, 0.717) is 19.3 Å². The molecule has 2 N–H and O–H groups in total. The van der Waals surface area contributed by atoms with Gasteiger partial charge in [0.25, 0.3) is 0 Å². The fourth-order valence-electron chi connectivity index (χ4n) is 4.33. The third-order valence-corrected chi connectivity index (χ3v) is 6.02. The number of ketones is 1. The number of aliphatic hydroxyl groups is 2. The van der Waals surface area contributed by atoms with Crippen molar-refractivity contribution < 1.29 is 38.7 Å². The molecule has 0 amide bonds. The second-order valence-electron chi connectivity index (χ2n) is 8.55. The van der Waals surface area contributed by atoms with E-state index >= 15 is 0 Å². The highest BCUT2D eigenvalue weighted by Crippen LogP contribution is 2.31. The number of hydrogen-bond acceptors (Lipinski definition) is 9. The summed E-state index contributed by atoms with van der Waals surface area (Å²) in [4.78, 5) is 13.6. The van der Waals surface area contributed by atoms with Crippen molar-refractivity contribution in [3.8, 4) is 0 Å². The standard InChI is InChI=1S/C20H35NO8/c1-10-14(22)6-7-17(26-10)28-20-12(3)27-18(9-15(20)23)29-19-11(2)25-16(24)8-13(19)21(4)5/h10-13,15-20,23-24H,6-9H2,1-5H3/t10?,11?,12?,13-,15-,16-,17+,18+,19-,20-/m1/s1. The van der Waals surface area contributed by atoms with E-state index in [1.807, 2.05) is 32.8 Å². The predicted octanol–water partition coefficient (Wildman–Crippen LogP) is 0.404. The van der Waals surface area contributed by atoms with E-state index in [-0.39, 0.29) is 30.5 Å². The van der Waals surface area contributed by atoms with E-state index in [9.17, 15) is 15.0 Å². The van der Waals surface area contributed by atoms with Crippen LogP contribution in [0.3, 0.4) is 0 Å². The molecule has 0 aliphatic carbocycles. The van der Waals surface area contributed by atoms with Crippen LogP contribution in [-0.4, -0.2) is 96.5 Å². The van der Waals surface area contributed by atoms with Gasteiger partial charge in [-0.3, -0.25) is 4.79 Å². The Hall–Kier alpha value is -0.650. The molecule has 0 aromatic rings. The maximum Gasteiger partial charge on any atom is 0.161 e. The number of carbonyl (C=O) groups excluding carboxylic acids is 1. The monoisotopic (exact) mass is 417 g/mol. The molecule has 168 valence electrons. The van der Waals surface area contributed by atoms with Gasteiger partial charge in [-0.15, -0.1) is 0 Å². The summed E-state index contributed by atoms with van der Waals surface area (Å²) < 4.78 is 29.2. The summed E-state index contributed by atoms with van der Waals surface area (Å²) in [6, 6.07) is -0.0339. The smallest absolute Gasteiger partial charge is 0.161 e. The van der Waals surface area contributed by atoms with Gasteiger partial charge in [-0.1, -0.05) is 0 Å². The van der Waals surface area contributed by atoms with Crippen molar-refractivity contribution in [3.63, 3.8) is 0 Å². The molecule has 9 nitrogen and oxygen atoms in total. The number of ether oxygens (including phenoxy) is 5. The molecule has 9 heteroatoms. The molecule has 0 saturated carbocycles. The zero-order valence-corrected chi connectivity index (χ0v) is 17.9. The molecule has 10 atom stereocenters. The zero-order chi connectivity index (χ0) is 21.3. The molecule has 3 unspecified atom stereocenters. The summed E-state index contributed by atoms with van der Waals surface area (Å²) in [7, 11) is 3.87. The predicted molar refractivity (Wildman–Crippen MR) is 102 cm³/mol. The van der Waals surface area contributed by atoms with Crippen molar-refractivity contribution in [2.45, 2.75) is 108 Å². The largest absolute Gasteiger partial charge is 0.390 e. The average Bonchev–Trinajstić information content (AvgIpc) is 2.63. The van der Waals surface area contributed by atoms with E-state index in [1.165, 1.54) is 0 Å². The SMILES string of the molecule is CC1O[C@@H](O[C@@H]2C(C)O[C@@H](O[C@@H]3C(C)O[C@@H](O)C[C@H]3N(C)C)C[C@H]2O)CCC1=O. The van der Waals surface area contributed by atoms with Gasteiger partial charge in [0, 0.05) is 31.7 Å². The second kappa shape index (κ2) is 9.65. The molecule has 3 aliphatic rings. The first kappa shape index (κ1) is 23.0. The highest BCUT2D eigenvalue weighted by molar-refractivity contribution is 5.83. The van der Waals surface area contributed by atoms with Crippen molar-refractivity contribution in [2.75, 3.05) is 14.1 Å². The van der Waals surface area contributed by atoms with Crippen LogP contribution in [-0.2, 0) is 28.5 Å². The Morgan fingerprint density at radius 2 is 1.59 bits per heavy atom. The topological polar surface area (TPSA) is 107 Å². The van der Waals surface area contributed by atoms with E-state index in [4.69, 9.17) is 23.7 Å². The molecular weight excluding hydrogens is 382 g/mol. The van der Waals surface area contributed by atoms with Crippen molar-refractivity contribution in [1.82, 2.24) is 4.90 Å². The van der Waals surface area contributed by atoms with Gasteiger partial charge in [0.05, 0.1) is 18.3 Å². The molecular formula is C20H35NO8. The number of likely N-dealkylation sites (N-methyl/N-ethyl adjacent to an activating group) is 1. The quantitative estimate of drug-likeness (QED) is 0.657. The Balaban J connectivity index is 1.57. The first-order valence-electron chi connectivity index (χ1n) is 10.5. The lowest BCUT2D eigenvalue weighted by Crippen LogP contribution is -2.57. The van der Waals surface area contributed by atoms with E-state index in [0.717, 1.165) is 0 Å². The van der Waals surface area contributed by atoms with Crippen LogP contribution in [0, 0.1) is 0 Å². The average molecular weight is 417 g/mol. The normalized spacial score (nSPS) is 46.8. The summed E-state index contributed by atoms with van der Waals surface area (Å²) >= 11 is 0. The van der Waals surface area contributed by atoms with Gasteiger partial charge in [0.15, 0.2) is 24.7 Å². The molecule has 3 heterocycles. The molecule has 0 aromatic heterocycles. The molecule has 0 bridgehead atoms. The highest BCUT2D eigenvalue weighted by atomic mass is 16.7. The molecule has 3 saturated heterocycles. The first-order valence-corrected chi connectivity index (χ1v) is 10.5. The maximum absolute atomic E-state index is 11.6. The number of aliphatic hydroxyl groups excluding tert-OH is 2. The lowest BCUT2D eigenvalue weighted by molar-refractivity contribution is -0.318. The van der Waals surface area contributed by atoms with Gasteiger partial charge in [-0.05, 0) is 34.9 Å². The Morgan fingerprint density at radius 1 is 0.931 bits per heavy atom. The van der Waals surface area contributed by atoms with Crippen LogP contribution in [0.1, 0.15) is 46.5 Å². The Kier molecular flexibility index (Phi) is 7.66. The van der Waals surface area contributed by atoms with Crippen LogP contribution in [0.4, 0.5) is 0 Å². The zero-order valence-electron chi connectivity index (χ0n) is 17.9. The fourth-order valence-corrected chi connectivity index (χ4v) is 4.33. The van der Waals surface area contributed by atoms with Crippen LogP contribution in [0.5, 0.6) is 0 Å². The van der Waals surface area contributed by atoms with Gasteiger partial charge in [0.1, 0.15) is 18.3 Å². The van der Waals surface area contributed by atoms with Crippen LogP contribution < -0.4 is 0 Å². The third-order valence-electron chi connectivity index (χ3n) is 6.02. The maximum atomic E-state index is 11.6. The van der Waals surface area contributed by atoms with Crippen LogP contribution in [0.2, 0.25) is 0 Å². The molecule has 3 fully saturated rings. The highest BCUT2D eigenvalue weighted by Gasteiger charge is 2.44. The lowest BCUT2D eigenvalue weighted by atomic mass is 9.97. The van der Waals surface area contributed by atoms with Crippen molar-refractivity contribution in [3.05, 3.63) is 0 Å². The van der Waals surface area contributed by atoms with Gasteiger partial charge < -0.3 is 38.8 Å². The minimum absolute atomic E-state index is 0.0339. The minimum Gasteiger partial charge on any atom is -0.390 e. The molecule has 29 heavy (non-hydrogen) atoms. The Morgan fingerprint density at radius 3 is 2.21 bits per heavy atom. The third kappa shape index (κ3) is 5.54. The number of Topliss-reactive ketones (excluding diaryl/α,β-unsaturated/α-hetero) is 1. The number of nitrogens with zero attached hydrogens (tertiary/aromatic N) is 1. The van der Waals surface area contributed by atoms with Crippen LogP contribution in [0.15, 0.2) is 0 Å². The molecule has 3 aliphatic heterocycles. The fraction of sp³-hybridized carbons (Fsp3) is 0.950. The van der Waals surface area contributed by atoms with Crippen molar-refractivity contribution in [2.24, 2.45) is 0 Å². The van der Waals surface area contributed by atoms with E-state index in [2.05, 4.69) is 0 Å². The first-order chi connectivity index (χ1) is 13.7. The molecule has 0 spiro atoms. The van der Waals surface area contributed by atoms with E-state index in [1.54, 1.807) is 6.92 Å². The summed E-state index contributed by atoms with van der Waals surface area (Å²) in [5.74, 6) is 0.0659. The summed E-state index contributed by atoms with van der Waals surface area (Å²) in [6.45, 7) is 5.40. The lowest BCUT2D eigenvalue weighted by Gasteiger charge is -2.45.